The first kappa shape index (κ1) is 16.1. The molecule has 25 heavy (non-hydrogen) atoms. The van der Waals surface area contributed by atoms with Crippen LogP contribution in [0.25, 0.3) is 0 Å². The van der Waals surface area contributed by atoms with Crippen molar-refractivity contribution < 1.29 is 24.4 Å². The van der Waals surface area contributed by atoms with Gasteiger partial charge in [0.05, 0.1) is 21.9 Å². The molecule has 132 valence electrons. The normalized spacial score (nSPS) is 32.4. The van der Waals surface area contributed by atoms with E-state index in [2.05, 4.69) is 0 Å². The van der Waals surface area contributed by atoms with E-state index < -0.39 is 27.6 Å². The molecule has 1 aromatic carbocycles. The summed E-state index contributed by atoms with van der Waals surface area (Å²) < 4.78 is 5.47. The van der Waals surface area contributed by atoms with Crippen LogP contribution in [0.2, 0.25) is 0 Å². The Morgan fingerprint density at radius 3 is 2.12 bits per heavy atom. The molecular formula is C18H18NO6-. The molecule has 0 aromatic heterocycles. The molecule has 0 aliphatic heterocycles. The molecule has 5 rings (SSSR count). The summed E-state index contributed by atoms with van der Waals surface area (Å²) in [5, 5.41) is 22.0. The summed E-state index contributed by atoms with van der Waals surface area (Å²) in [4.78, 5) is 34.1. The standard InChI is InChI=1S/C18H19NO6/c20-16(21)14-6-13(1-2-15(14)19(23)24)25-17(22)18-7-10-3-11(8-18)5-12(4-10)9-18/h1-2,6,10-12H,3-5,7-9H2,(H,20,21)/p-1. The highest BCUT2D eigenvalue weighted by molar-refractivity contribution is 5.91. The first-order chi connectivity index (χ1) is 11.9. The maximum absolute atomic E-state index is 12.8. The van der Waals surface area contributed by atoms with Crippen LogP contribution >= 0.6 is 0 Å². The first-order valence-corrected chi connectivity index (χ1v) is 8.58. The average molecular weight is 344 g/mol. The van der Waals surface area contributed by atoms with Crippen molar-refractivity contribution in [3.63, 3.8) is 0 Å². The fraction of sp³-hybridized carbons (Fsp3) is 0.556. The van der Waals surface area contributed by atoms with Crippen molar-refractivity contribution >= 4 is 17.6 Å². The highest BCUT2D eigenvalue weighted by Gasteiger charge is 2.55. The monoisotopic (exact) mass is 344 g/mol. The maximum Gasteiger partial charge on any atom is 0.317 e. The van der Waals surface area contributed by atoms with Crippen LogP contribution in [0.4, 0.5) is 5.69 Å². The second-order valence-electron chi connectivity index (χ2n) is 7.81. The van der Waals surface area contributed by atoms with Crippen molar-refractivity contribution in [3.8, 4) is 5.75 Å². The summed E-state index contributed by atoms with van der Waals surface area (Å²) in [7, 11) is 0. The Hall–Kier alpha value is -2.44. The van der Waals surface area contributed by atoms with E-state index in [0.29, 0.717) is 17.8 Å². The predicted octanol–water partition coefficient (Wildman–Crippen LogP) is 2.08. The van der Waals surface area contributed by atoms with Gasteiger partial charge in [0.1, 0.15) is 5.75 Å². The molecule has 7 heteroatoms. The van der Waals surface area contributed by atoms with Gasteiger partial charge in [0.15, 0.2) is 0 Å². The first-order valence-electron chi connectivity index (χ1n) is 8.58. The van der Waals surface area contributed by atoms with Gasteiger partial charge in [0.25, 0.3) is 5.69 Å². The summed E-state index contributed by atoms with van der Waals surface area (Å²) in [6.07, 6.45) is 6.07. The molecule has 4 saturated carbocycles. The number of nitro benzene ring substituents is 1. The SMILES string of the molecule is O=C([O-])c1cc(OC(=O)C23CC4CC(CC(C4)C2)C3)ccc1[N+](=O)[O-]. The van der Waals surface area contributed by atoms with Crippen LogP contribution in [-0.2, 0) is 4.79 Å². The second kappa shape index (κ2) is 5.54. The molecule has 0 saturated heterocycles. The van der Waals surface area contributed by atoms with Crippen molar-refractivity contribution in [2.75, 3.05) is 0 Å². The number of hydrogen-bond acceptors (Lipinski definition) is 6. The Bertz CT molecular complexity index is 736. The molecule has 7 nitrogen and oxygen atoms in total. The number of esters is 1. The van der Waals surface area contributed by atoms with Gasteiger partial charge in [-0.1, -0.05) is 0 Å². The van der Waals surface area contributed by atoms with Gasteiger partial charge in [-0.3, -0.25) is 14.9 Å². The van der Waals surface area contributed by atoms with E-state index in [4.69, 9.17) is 4.74 Å². The molecule has 0 spiro atoms. The van der Waals surface area contributed by atoms with Crippen molar-refractivity contribution in [2.24, 2.45) is 23.2 Å². The van der Waals surface area contributed by atoms with Crippen molar-refractivity contribution in [3.05, 3.63) is 33.9 Å². The number of rotatable bonds is 4. The molecule has 0 heterocycles. The molecule has 4 aliphatic carbocycles. The maximum atomic E-state index is 12.8. The largest absolute Gasteiger partial charge is 0.545 e. The third-order valence-electron chi connectivity index (χ3n) is 6.07. The number of benzene rings is 1. The highest BCUT2D eigenvalue weighted by atomic mass is 16.6. The lowest BCUT2D eigenvalue weighted by molar-refractivity contribution is -0.385. The van der Waals surface area contributed by atoms with E-state index in [1.54, 1.807) is 0 Å². The fourth-order valence-electron chi connectivity index (χ4n) is 5.48. The molecule has 0 amide bonds. The lowest BCUT2D eigenvalue weighted by Crippen LogP contribution is -2.51. The number of carbonyl (C=O) groups excluding carboxylic acids is 2. The lowest BCUT2D eigenvalue weighted by atomic mass is 9.49. The lowest BCUT2D eigenvalue weighted by Gasteiger charge is -2.55. The minimum absolute atomic E-state index is 0.0190. The smallest absolute Gasteiger partial charge is 0.317 e. The zero-order chi connectivity index (χ0) is 17.8. The summed E-state index contributed by atoms with van der Waals surface area (Å²) in [6, 6.07) is 3.31. The van der Waals surface area contributed by atoms with Crippen LogP contribution in [0.1, 0.15) is 48.9 Å². The van der Waals surface area contributed by atoms with Crippen LogP contribution in [0.5, 0.6) is 5.75 Å². The molecule has 0 radical (unpaired) electrons. The fourth-order valence-corrected chi connectivity index (χ4v) is 5.48. The summed E-state index contributed by atoms with van der Waals surface area (Å²) in [6.45, 7) is 0. The van der Waals surface area contributed by atoms with Gasteiger partial charge in [-0.2, -0.15) is 0 Å². The van der Waals surface area contributed by atoms with Gasteiger partial charge in [-0.05, 0) is 68.4 Å². The van der Waals surface area contributed by atoms with Gasteiger partial charge >= 0.3 is 5.97 Å². The number of aromatic carboxylic acids is 1. The number of carboxylic acid groups (broad SMARTS) is 1. The Kier molecular flexibility index (Phi) is 3.56. The van der Waals surface area contributed by atoms with Crippen molar-refractivity contribution in [2.45, 2.75) is 38.5 Å². The Morgan fingerprint density at radius 1 is 1.08 bits per heavy atom. The number of nitro groups is 1. The summed E-state index contributed by atoms with van der Waals surface area (Å²) in [5.74, 6) is -0.243. The Labute approximate surface area is 144 Å². The second-order valence-corrected chi connectivity index (χ2v) is 7.81. The van der Waals surface area contributed by atoms with Gasteiger partial charge in [0, 0.05) is 6.07 Å². The van der Waals surface area contributed by atoms with Crippen LogP contribution in [0.3, 0.4) is 0 Å². The van der Waals surface area contributed by atoms with Gasteiger partial charge in [-0.15, -0.1) is 0 Å². The Balaban J connectivity index is 1.58. The number of carboxylic acids is 1. The van der Waals surface area contributed by atoms with Crippen molar-refractivity contribution in [1.82, 2.24) is 0 Å². The molecule has 4 bridgehead atoms. The highest BCUT2D eigenvalue weighted by Crippen LogP contribution is 2.60. The molecule has 4 aliphatic rings. The quantitative estimate of drug-likeness (QED) is 0.358. The van der Waals surface area contributed by atoms with E-state index in [0.717, 1.165) is 31.4 Å². The van der Waals surface area contributed by atoms with E-state index in [1.165, 1.54) is 25.3 Å². The molecule has 0 N–H and O–H groups in total. The average Bonchev–Trinajstić information content (AvgIpc) is 2.53. The van der Waals surface area contributed by atoms with E-state index >= 15 is 0 Å². The van der Waals surface area contributed by atoms with Crippen LogP contribution in [-0.4, -0.2) is 16.9 Å². The van der Waals surface area contributed by atoms with Gasteiger partial charge < -0.3 is 14.6 Å². The number of ether oxygens (including phenoxy) is 1. The van der Waals surface area contributed by atoms with Gasteiger partial charge in [0.2, 0.25) is 0 Å². The van der Waals surface area contributed by atoms with Crippen LogP contribution in [0.15, 0.2) is 18.2 Å². The molecule has 4 fully saturated rings. The zero-order valence-corrected chi connectivity index (χ0v) is 13.6. The van der Waals surface area contributed by atoms with Crippen molar-refractivity contribution in [1.29, 1.82) is 0 Å². The van der Waals surface area contributed by atoms with E-state index in [9.17, 15) is 24.8 Å². The summed E-state index contributed by atoms with van der Waals surface area (Å²) >= 11 is 0. The third kappa shape index (κ3) is 2.67. The minimum Gasteiger partial charge on any atom is -0.545 e. The van der Waals surface area contributed by atoms with E-state index in [1.807, 2.05) is 0 Å². The Morgan fingerprint density at radius 2 is 1.64 bits per heavy atom. The van der Waals surface area contributed by atoms with Gasteiger partial charge in [-0.25, -0.2) is 0 Å². The van der Waals surface area contributed by atoms with E-state index in [-0.39, 0.29) is 11.7 Å². The molecule has 1 aromatic rings. The summed E-state index contributed by atoms with van der Waals surface area (Å²) in [5.41, 5.74) is -1.63. The predicted molar refractivity (Wildman–Crippen MR) is 83.7 cm³/mol. The minimum atomic E-state index is -1.67. The number of hydrogen-bond donors (Lipinski definition) is 0. The third-order valence-corrected chi connectivity index (χ3v) is 6.07. The number of carbonyl (C=O) groups is 2. The topological polar surface area (TPSA) is 110 Å². The zero-order valence-electron chi connectivity index (χ0n) is 13.6. The molecular weight excluding hydrogens is 326 g/mol. The molecule has 0 atom stereocenters. The molecule has 0 unspecified atom stereocenters. The van der Waals surface area contributed by atoms with Crippen LogP contribution in [0, 0.1) is 33.3 Å². The number of nitrogens with zero attached hydrogens (tertiary/aromatic N) is 1. The van der Waals surface area contributed by atoms with Crippen LogP contribution < -0.4 is 9.84 Å².